The molecule has 3 heteroatoms. The van der Waals surface area contributed by atoms with Crippen molar-refractivity contribution < 1.29 is 0 Å². The van der Waals surface area contributed by atoms with Crippen LogP contribution in [0, 0.1) is 16.0 Å². The smallest absolute Gasteiger partial charge is 0.122 e. The summed E-state index contributed by atoms with van der Waals surface area (Å²) < 4.78 is 0.530. The van der Waals surface area contributed by atoms with Gasteiger partial charge in [-0.25, -0.2) is 0 Å². The molecule has 0 radical (unpaired) electrons. The van der Waals surface area contributed by atoms with Gasteiger partial charge in [-0.05, 0) is 18.1 Å². The van der Waals surface area contributed by atoms with Crippen LogP contribution in [-0.4, -0.2) is 4.98 Å². The van der Waals surface area contributed by atoms with Crippen molar-refractivity contribution in [3.8, 4) is 17.2 Å². The van der Waals surface area contributed by atoms with Crippen LogP contribution in [-0.2, 0) is 6.42 Å². The van der Waals surface area contributed by atoms with Crippen molar-refractivity contribution in [3.05, 3.63) is 52.3 Å². The van der Waals surface area contributed by atoms with Gasteiger partial charge in [0.2, 0.25) is 0 Å². The lowest BCUT2D eigenvalue weighted by Crippen LogP contribution is -1.95. The van der Waals surface area contributed by atoms with E-state index in [1.54, 1.807) is 0 Å². The molecule has 1 aromatic heterocycles. The topological polar surface area (TPSA) is 39.6 Å². The fraction of sp³-hybridized carbons (Fsp3) is 0.200. The molecule has 0 amide bonds. The highest BCUT2D eigenvalue weighted by atomic mass is 32.1. The molecule has 2 rings (SSSR count). The van der Waals surface area contributed by atoms with Crippen LogP contribution in [0.2, 0.25) is 0 Å². The summed E-state index contributed by atoms with van der Waals surface area (Å²) in [4.78, 5) is 3.13. The quantitative estimate of drug-likeness (QED) is 0.832. The van der Waals surface area contributed by atoms with Crippen LogP contribution >= 0.6 is 12.2 Å². The van der Waals surface area contributed by atoms with E-state index in [4.69, 9.17) is 12.2 Å². The number of H-pyrrole nitrogens is 1. The van der Waals surface area contributed by atoms with Crippen LogP contribution in [0.15, 0.2) is 36.4 Å². The minimum absolute atomic E-state index is 0.530. The molecular formula is C15H14N2S. The van der Waals surface area contributed by atoms with Crippen molar-refractivity contribution in [2.24, 2.45) is 0 Å². The molecule has 0 saturated heterocycles. The molecule has 0 saturated carbocycles. The average molecular weight is 254 g/mol. The Morgan fingerprint density at radius 3 is 2.61 bits per heavy atom. The first-order chi connectivity index (χ1) is 8.76. The number of nitrogens with one attached hydrogen (secondary N) is 1. The first kappa shape index (κ1) is 12.5. The lowest BCUT2D eigenvalue weighted by Gasteiger charge is -2.08. The highest BCUT2D eigenvalue weighted by Gasteiger charge is 2.08. The molecule has 1 N–H and O–H groups in total. The van der Waals surface area contributed by atoms with E-state index in [0.29, 0.717) is 10.2 Å². The van der Waals surface area contributed by atoms with Gasteiger partial charge in [-0.2, -0.15) is 5.26 Å². The van der Waals surface area contributed by atoms with Gasteiger partial charge in [0.05, 0.1) is 5.56 Å². The number of hydrogen-bond acceptors (Lipinski definition) is 2. The lowest BCUT2D eigenvalue weighted by molar-refractivity contribution is 0.879. The predicted molar refractivity (Wildman–Crippen MR) is 75.8 cm³/mol. The second-order valence-corrected chi connectivity index (χ2v) is 4.55. The summed E-state index contributed by atoms with van der Waals surface area (Å²) in [5.41, 5.74) is 3.59. The van der Waals surface area contributed by atoms with Crippen molar-refractivity contribution in [1.82, 2.24) is 4.98 Å². The summed E-state index contributed by atoms with van der Waals surface area (Å²) in [6, 6.07) is 14.1. The van der Waals surface area contributed by atoms with Crippen molar-refractivity contribution in [3.63, 3.8) is 0 Å². The minimum Gasteiger partial charge on any atom is -0.349 e. The zero-order valence-corrected chi connectivity index (χ0v) is 11.1. The van der Waals surface area contributed by atoms with Gasteiger partial charge in [-0.15, -0.1) is 0 Å². The van der Waals surface area contributed by atoms with E-state index in [1.165, 1.54) is 0 Å². The summed E-state index contributed by atoms with van der Waals surface area (Å²) >= 11 is 5.26. The molecule has 90 valence electrons. The Kier molecular flexibility index (Phi) is 3.91. The average Bonchev–Trinajstić information content (AvgIpc) is 2.39. The maximum Gasteiger partial charge on any atom is 0.122 e. The first-order valence-electron chi connectivity index (χ1n) is 5.98. The van der Waals surface area contributed by atoms with Crippen LogP contribution < -0.4 is 0 Å². The predicted octanol–water partition coefficient (Wildman–Crippen LogP) is 4.24. The molecule has 0 atom stereocenters. The zero-order chi connectivity index (χ0) is 13.0. The molecule has 0 aliphatic carbocycles. The summed E-state index contributed by atoms with van der Waals surface area (Å²) in [6.45, 7) is 2.12. The second-order valence-electron chi connectivity index (χ2n) is 4.14. The number of hydrogen-bond donors (Lipinski definition) is 1. The molecule has 0 aliphatic rings. The second kappa shape index (κ2) is 5.61. The van der Waals surface area contributed by atoms with Crippen molar-refractivity contribution >= 4 is 12.2 Å². The van der Waals surface area contributed by atoms with E-state index >= 15 is 0 Å². The Balaban J connectivity index is 2.65. The molecule has 1 aromatic carbocycles. The monoisotopic (exact) mass is 254 g/mol. The Morgan fingerprint density at radius 2 is 2.00 bits per heavy atom. The van der Waals surface area contributed by atoms with Crippen molar-refractivity contribution in [2.75, 3.05) is 0 Å². The van der Waals surface area contributed by atoms with Gasteiger partial charge in [-0.3, -0.25) is 0 Å². The van der Waals surface area contributed by atoms with Crippen LogP contribution in [0.25, 0.3) is 11.1 Å². The van der Waals surface area contributed by atoms with E-state index in [1.807, 2.05) is 36.4 Å². The van der Waals surface area contributed by atoms with Gasteiger partial charge >= 0.3 is 0 Å². The van der Waals surface area contributed by atoms with Gasteiger partial charge in [0.25, 0.3) is 0 Å². The Labute approximate surface area is 112 Å². The van der Waals surface area contributed by atoms with Crippen LogP contribution in [0.1, 0.15) is 24.6 Å². The van der Waals surface area contributed by atoms with E-state index in [0.717, 1.165) is 29.7 Å². The van der Waals surface area contributed by atoms with Crippen molar-refractivity contribution in [1.29, 1.82) is 5.26 Å². The maximum atomic E-state index is 9.24. The molecule has 0 bridgehead atoms. The molecule has 0 aliphatic heterocycles. The third-order valence-corrected chi connectivity index (χ3v) is 3.11. The molecular weight excluding hydrogens is 240 g/mol. The summed E-state index contributed by atoms with van der Waals surface area (Å²) in [5, 5.41) is 9.24. The van der Waals surface area contributed by atoms with E-state index in [9.17, 15) is 5.26 Å². The summed E-state index contributed by atoms with van der Waals surface area (Å²) in [5.74, 6) is 0. The highest BCUT2D eigenvalue weighted by Crippen LogP contribution is 2.24. The standard InChI is InChI=1S/C15H14N2S/c1-2-6-12-9-13(11-7-4-3-5-8-11)14(10-16)15(18)17-12/h3-5,7-9H,2,6H2,1H3,(H,17,18). The Bertz CT molecular complexity index is 636. The number of aryl methyl sites for hydroxylation is 1. The Hall–Kier alpha value is -1.92. The molecule has 2 nitrogen and oxygen atoms in total. The SMILES string of the molecule is CCCc1cc(-c2ccccc2)c(C#N)c(=S)[nH]1. The number of benzene rings is 1. The number of rotatable bonds is 3. The number of aromatic nitrogens is 1. The zero-order valence-electron chi connectivity index (χ0n) is 10.2. The number of nitriles is 1. The van der Waals surface area contributed by atoms with Gasteiger partial charge < -0.3 is 4.98 Å². The fourth-order valence-corrected chi connectivity index (χ4v) is 2.26. The lowest BCUT2D eigenvalue weighted by atomic mass is 10.0. The molecule has 0 unspecified atom stereocenters. The van der Waals surface area contributed by atoms with Crippen LogP contribution in [0.5, 0.6) is 0 Å². The van der Waals surface area contributed by atoms with Crippen molar-refractivity contribution in [2.45, 2.75) is 19.8 Å². The largest absolute Gasteiger partial charge is 0.349 e. The van der Waals surface area contributed by atoms with Crippen LogP contribution in [0.4, 0.5) is 0 Å². The van der Waals surface area contributed by atoms with E-state index < -0.39 is 0 Å². The third kappa shape index (κ3) is 2.49. The van der Waals surface area contributed by atoms with Gasteiger partial charge in [0.15, 0.2) is 0 Å². The number of aromatic amines is 1. The maximum absolute atomic E-state index is 9.24. The molecule has 1 heterocycles. The van der Waals surface area contributed by atoms with Gasteiger partial charge in [-0.1, -0.05) is 55.9 Å². The Morgan fingerprint density at radius 1 is 1.28 bits per heavy atom. The molecule has 18 heavy (non-hydrogen) atoms. The third-order valence-electron chi connectivity index (χ3n) is 2.80. The van der Waals surface area contributed by atoms with E-state index in [-0.39, 0.29) is 0 Å². The first-order valence-corrected chi connectivity index (χ1v) is 6.38. The van der Waals surface area contributed by atoms with Crippen LogP contribution in [0.3, 0.4) is 0 Å². The number of pyridine rings is 1. The van der Waals surface area contributed by atoms with Gasteiger partial charge in [0.1, 0.15) is 10.7 Å². The number of nitrogens with zero attached hydrogens (tertiary/aromatic N) is 1. The molecule has 2 aromatic rings. The highest BCUT2D eigenvalue weighted by molar-refractivity contribution is 7.71. The molecule has 0 fully saturated rings. The summed E-state index contributed by atoms with van der Waals surface area (Å²) in [6.07, 6.45) is 1.99. The van der Waals surface area contributed by atoms with Gasteiger partial charge in [0, 0.05) is 11.3 Å². The fourth-order valence-electron chi connectivity index (χ4n) is 1.97. The normalized spacial score (nSPS) is 10.0. The minimum atomic E-state index is 0.530. The van der Waals surface area contributed by atoms with E-state index in [2.05, 4.69) is 18.0 Å². The molecule has 0 spiro atoms. The summed E-state index contributed by atoms with van der Waals surface area (Å²) in [7, 11) is 0.